The molecule has 3 heterocycles. The Hall–Kier alpha value is -1.57. The zero-order chi connectivity index (χ0) is 15.4. The topological polar surface area (TPSA) is 54.4 Å². The van der Waals surface area contributed by atoms with Gasteiger partial charge in [-0.3, -0.25) is 4.90 Å². The molecule has 0 amide bonds. The molecular weight excluding hydrogens is 298 g/mol. The summed E-state index contributed by atoms with van der Waals surface area (Å²) in [5.74, 6) is 0.876. The van der Waals surface area contributed by atoms with Gasteiger partial charge in [-0.05, 0) is 19.1 Å². The van der Waals surface area contributed by atoms with Gasteiger partial charge < -0.3 is 9.64 Å². The fourth-order valence-corrected chi connectivity index (χ4v) is 3.47. The van der Waals surface area contributed by atoms with Crippen LogP contribution in [0, 0.1) is 6.92 Å². The number of anilines is 1. The molecule has 22 heavy (non-hydrogen) atoms. The third-order valence-electron chi connectivity index (χ3n) is 3.70. The highest BCUT2D eigenvalue weighted by molar-refractivity contribution is 7.11. The van der Waals surface area contributed by atoms with Crippen LogP contribution in [0.1, 0.15) is 9.88 Å². The number of rotatable bonds is 5. The van der Waals surface area contributed by atoms with Gasteiger partial charge in [0.1, 0.15) is 0 Å². The number of hydrogen-bond acceptors (Lipinski definition) is 7. The normalized spacial score (nSPS) is 19.3. The fourth-order valence-electron chi connectivity index (χ4n) is 2.63. The summed E-state index contributed by atoms with van der Waals surface area (Å²) < 4.78 is 5.90. The Bertz CT molecular complexity index is 591. The lowest BCUT2D eigenvalue weighted by atomic mass is 10.2. The van der Waals surface area contributed by atoms with Crippen LogP contribution >= 0.6 is 11.3 Å². The lowest BCUT2D eigenvalue weighted by Crippen LogP contribution is -2.46. The molecule has 0 radical (unpaired) electrons. The van der Waals surface area contributed by atoms with Gasteiger partial charge in [-0.2, -0.15) is 5.10 Å². The molecule has 0 aliphatic carbocycles. The molecule has 7 heteroatoms. The molecule has 2 aromatic rings. The second kappa shape index (κ2) is 7.13. The number of hydrogen-bond donors (Lipinski definition) is 0. The molecule has 118 valence electrons. The number of morpholine rings is 1. The molecule has 0 aromatic carbocycles. The first kappa shape index (κ1) is 15.3. The standard InChI is InChI=1S/C15H21N5OS/c1-12-16-8-14(22-12)11-20-6-7-21-13(10-20)9-19(2)15-4-3-5-17-18-15/h3-5,8,13H,6-7,9-11H2,1-2H3. The first-order chi connectivity index (χ1) is 10.7. The number of nitrogens with zero attached hydrogens (tertiary/aromatic N) is 5. The lowest BCUT2D eigenvalue weighted by molar-refractivity contribution is -0.0262. The van der Waals surface area contributed by atoms with Crippen LogP contribution < -0.4 is 4.90 Å². The van der Waals surface area contributed by atoms with Gasteiger partial charge in [0.15, 0.2) is 5.82 Å². The Labute approximate surface area is 134 Å². The van der Waals surface area contributed by atoms with Crippen LogP contribution in [0.4, 0.5) is 5.82 Å². The zero-order valence-electron chi connectivity index (χ0n) is 13.0. The van der Waals surface area contributed by atoms with E-state index in [1.54, 1.807) is 17.5 Å². The van der Waals surface area contributed by atoms with Gasteiger partial charge in [-0.15, -0.1) is 16.4 Å². The van der Waals surface area contributed by atoms with Gasteiger partial charge in [-0.25, -0.2) is 4.98 Å². The van der Waals surface area contributed by atoms with Crippen molar-refractivity contribution in [2.75, 3.05) is 38.2 Å². The molecule has 1 atom stereocenters. The molecule has 1 unspecified atom stereocenters. The number of aryl methyl sites for hydroxylation is 1. The van der Waals surface area contributed by atoms with Gasteiger partial charge in [0.05, 0.1) is 17.7 Å². The molecule has 6 nitrogen and oxygen atoms in total. The van der Waals surface area contributed by atoms with Crippen molar-refractivity contribution < 1.29 is 4.74 Å². The molecule has 1 aliphatic rings. The minimum Gasteiger partial charge on any atom is -0.374 e. The predicted molar refractivity (Wildman–Crippen MR) is 87.2 cm³/mol. The Morgan fingerprint density at radius 1 is 1.50 bits per heavy atom. The highest BCUT2D eigenvalue weighted by Crippen LogP contribution is 2.17. The summed E-state index contributed by atoms with van der Waals surface area (Å²) in [6.45, 7) is 6.50. The molecule has 3 rings (SSSR count). The van der Waals surface area contributed by atoms with E-state index in [0.717, 1.165) is 43.6 Å². The van der Waals surface area contributed by atoms with Crippen molar-refractivity contribution in [3.63, 3.8) is 0 Å². The maximum absolute atomic E-state index is 5.90. The van der Waals surface area contributed by atoms with Crippen LogP contribution in [-0.2, 0) is 11.3 Å². The average Bonchev–Trinajstić information content (AvgIpc) is 2.93. The number of ether oxygens (including phenoxy) is 1. The first-order valence-electron chi connectivity index (χ1n) is 7.45. The third-order valence-corrected chi connectivity index (χ3v) is 4.60. The van der Waals surface area contributed by atoms with Gasteiger partial charge in [0.25, 0.3) is 0 Å². The van der Waals surface area contributed by atoms with E-state index in [1.807, 2.05) is 32.3 Å². The van der Waals surface area contributed by atoms with Gasteiger partial charge >= 0.3 is 0 Å². The molecule has 1 fully saturated rings. The van der Waals surface area contributed by atoms with Crippen LogP contribution in [0.5, 0.6) is 0 Å². The molecule has 0 bridgehead atoms. The van der Waals surface area contributed by atoms with E-state index in [0.29, 0.717) is 0 Å². The summed E-state index contributed by atoms with van der Waals surface area (Å²) in [5, 5.41) is 9.18. The van der Waals surface area contributed by atoms with Crippen molar-refractivity contribution in [1.82, 2.24) is 20.1 Å². The Morgan fingerprint density at radius 2 is 2.41 bits per heavy atom. The van der Waals surface area contributed by atoms with Crippen LogP contribution in [-0.4, -0.2) is 59.5 Å². The summed E-state index contributed by atoms with van der Waals surface area (Å²) in [7, 11) is 2.03. The van der Waals surface area contributed by atoms with E-state index in [4.69, 9.17) is 4.74 Å². The van der Waals surface area contributed by atoms with Crippen molar-refractivity contribution in [2.24, 2.45) is 0 Å². The zero-order valence-corrected chi connectivity index (χ0v) is 13.8. The predicted octanol–water partition coefficient (Wildman–Crippen LogP) is 1.58. The van der Waals surface area contributed by atoms with E-state index >= 15 is 0 Å². The largest absolute Gasteiger partial charge is 0.374 e. The molecule has 0 spiro atoms. The van der Waals surface area contributed by atoms with E-state index in [2.05, 4.69) is 25.0 Å². The second-order valence-electron chi connectivity index (χ2n) is 5.54. The summed E-state index contributed by atoms with van der Waals surface area (Å²) in [6.07, 6.45) is 3.86. The summed E-state index contributed by atoms with van der Waals surface area (Å²) >= 11 is 1.77. The minimum atomic E-state index is 0.190. The van der Waals surface area contributed by atoms with Crippen molar-refractivity contribution in [3.05, 3.63) is 34.4 Å². The summed E-state index contributed by atoms with van der Waals surface area (Å²) in [5.41, 5.74) is 0. The maximum Gasteiger partial charge on any atom is 0.151 e. The Kier molecular flexibility index (Phi) is 4.97. The molecule has 0 N–H and O–H groups in total. The number of thiazole rings is 1. The highest BCUT2D eigenvalue weighted by atomic mass is 32.1. The van der Waals surface area contributed by atoms with E-state index in [-0.39, 0.29) is 6.10 Å². The van der Waals surface area contributed by atoms with Gasteiger partial charge in [0, 0.05) is 50.5 Å². The average molecular weight is 319 g/mol. The van der Waals surface area contributed by atoms with Crippen molar-refractivity contribution >= 4 is 17.2 Å². The second-order valence-corrected chi connectivity index (χ2v) is 6.86. The summed E-state index contributed by atoms with van der Waals surface area (Å²) in [6, 6.07) is 3.87. The van der Waals surface area contributed by atoms with E-state index < -0.39 is 0 Å². The van der Waals surface area contributed by atoms with Crippen molar-refractivity contribution in [2.45, 2.75) is 19.6 Å². The van der Waals surface area contributed by atoms with Gasteiger partial charge in [-0.1, -0.05) is 0 Å². The monoisotopic (exact) mass is 319 g/mol. The van der Waals surface area contributed by atoms with Crippen LogP contribution in [0.15, 0.2) is 24.5 Å². The fraction of sp³-hybridized carbons (Fsp3) is 0.533. The Morgan fingerprint density at radius 3 is 3.14 bits per heavy atom. The minimum absolute atomic E-state index is 0.190. The van der Waals surface area contributed by atoms with E-state index in [9.17, 15) is 0 Å². The van der Waals surface area contributed by atoms with Gasteiger partial charge in [0.2, 0.25) is 0 Å². The van der Waals surface area contributed by atoms with Crippen LogP contribution in [0.25, 0.3) is 0 Å². The quantitative estimate of drug-likeness (QED) is 0.834. The van der Waals surface area contributed by atoms with Crippen molar-refractivity contribution in [3.8, 4) is 0 Å². The number of aromatic nitrogens is 3. The molecular formula is C15H21N5OS. The SMILES string of the molecule is Cc1ncc(CN2CCOC(CN(C)c3cccnn3)C2)s1. The molecule has 0 saturated carbocycles. The third kappa shape index (κ3) is 4.00. The van der Waals surface area contributed by atoms with E-state index in [1.165, 1.54) is 4.88 Å². The smallest absolute Gasteiger partial charge is 0.151 e. The number of likely N-dealkylation sites (N-methyl/N-ethyl adjacent to an activating group) is 1. The molecule has 1 aliphatic heterocycles. The maximum atomic E-state index is 5.90. The highest BCUT2D eigenvalue weighted by Gasteiger charge is 2.22. The molecule has 2 aromatic heterocycles. The lowest BCUT2D eigenvalue weighted by Gasteiger charge is -2.34. The first-order valence-corrected chi connectivity index (χ1v) is 8.26. The van der Waals surface area contributed by atoms with Crippen molar-refractivity contribution in [1.29, 1.82) is 0 Å². The van der Waals surface area contributed by atoms with Crippen LogP contribution in [0.3, 0.4) is 0 Å². The Balaban J connectivity index is 1.54. The molecule has 1 saturated heterocycles. The van der Waals surface area contributed by atoms with Crippen LogP contribution in [0.2, 0.25) is 0 Å². The summed E-state index contributed by atoms with van der Waals surface area (Å²) in [4.78, 5) is 10.2.